The summed E-state index contributed by atoms with van der Waals surface area (Å²) >= 11 is 0. The molecule has 0 aromatic carbocycles. The van der Waals surface area contributed by atoms with Crippen molar-refractivity contribution in [3.63, 3.8) is 0 Å². The Hall–Kier alpha value is -1.89. The van der Waals surface area contributed by atoms with Gasteiger partial charge in [-0.15, -0.1) is 0 Å². The maximum absolute atomic E-state index is 11.5. The Morgan fingerprint density at radius 1 is 1.50 bits per heavy atom. The van der Waals surface area contributed by atoms with Gasteiger partial charge >= 0.3 is 0 Å². The van der Waals surface area contributed by atoms with E-state index < -0.39 is 0 Å². The second kappa shape index (κ2) is 5.18. The summed E-state index contributed by atoms with van der Waals surface area (Å²) in [5.74, 6) is 6.37. The minimum absolute atomic E-state index is 0.294. The van der Waals surface area contributed by atoms with Gasteiger partial charge in [-0.25, -0.2) is 15.8 Å². The second-order valence-electron chi connectivity index (χ2n) is 4.42. The average Bonchev–Trinajstić information content (AvgIpc) is 2.39. The lowest BCUT2D eigenvalue weighted by atomic mass is 10.0. The number of nitrogens with two attached hydrogens (primary N) is 2. The van der Waals surface area contributed by atoms with E-state index in [1.54, 1.807) is 0 Å². The number of carbonyl (C=O) groups excluding carboxylic acids is 1. The van der Waals surface area contributed by atoms with Crippen molar-refractivity contribution >= 4 is 17.5 Å². The summed E-state index contributed by atoms with van der Waals surface area (Å²) < 4.78 is 0. The molecule has 1 aromatic rings. The SMILES string of the molecule is Cc1c(NN)ncnc1N1CCCCC1C(N)=O. The molecule has 7 nitrogen and oxygen atoms in total. The van der Waals surface area contributed by atoms with Gasteiger partial charge in [0.1, 0.15) is 24.0 Å². The first-order valence-electron chi connectivity index (χ1n) is 5.99. The molecule has 2 rings (SSSR count). The van der Waals surface area contributed by atoms with Crippen LogP contribution in [0.15, 0.2) is 6.33 Å². The fourth-order valence-corrected chi connectivity index (χ4v) is 2.36. The number of nitrogens with one attached hydrogen (secondary N) is 1. The Bertz CT molecular complexity index is 449. The highest BCUT2D eigenvalue weighted by atomic mass is 16.1. The highest BCUT2D eigenvalue weighted by molar-refractivity contribution is 5.84. The summed E-state index contributed by atoms with van der Waals surface area (Å²) in [4.78, 5) is 21.7. The van der Waals surface area contributed by atoms with Gasteiger partial charge in [-0.05, 0) is 26.2 Å². The molecule has 0 bridgehead atoms. The lowest BCUT2D eigenvalue weighted by molar-refractivity contribution is -0.119. The van der Waals surface area contributed by atoms with E-state index in [9.17, 15) is 4.79 Å². The van der Waals surface area contributed by atoms with Crippen molar-refractivity contribution in [2.75, 3.05) is 16.9 Å². The summed E-state index contributed by atoms with van der Waals surface area (Å²) in [7, 11) is 0. The molecule has 1 aliphatic rings. The van der Waals surface area contributed by atoms with Crippen molar-refractivity contribution in [3.05, 3.63) is 11.9 Å². The summed E-state index contributed by atoms with van der Waals surface area (Å²) in [5, 5.41) is 0. The summed E-state index contributed by atoms with van der Waals surface area (Å²) in [6, 6.07) is -0.294. The zero-order valence-corrected chi connectivity index (χ0v) is 10.4. The fourth-order valence-electron chi connectivity index (χ4n) is 2.36. The molecule has 1 fully saturated rings. The number of anilines is 2. The molecule has 18 heavy (non-hydrogen) atoms. The van der Waals surface area contributed by atoms with E-state index >= 15 is 0 Å². The molecule has 1 unspecified atom stereocenters. The lowest BCUT2D eigenvalue weighted by Gasteiger charge is -2.35. The molecule has 0 radical (unpaired) electrons. The van der Waals surface area contributed by atoms with Gasteiger partial charge in [0.15, 0.2) is 0 Å². The van der Waals surface area contributed by atoms with Crippen LogP contribution in [0.25, 0.3) is 0 Å². The molecule has 98 valence electrons. The zero-order chi connectivity index (χ0) is 13.1. The smallest absolute Gasteiger partial charge is 0.240 e. The van der Waals surface area contributed by atoms with Crippen molar-refractivity contribution in [2.45, 2.75) is 32.2 Å². The number of nitrogens with zero attached hydrogens (tertiary/aromatic N) is 3. The first kappa shape index (κ1) is 12.6. The van der Waals surface area contributed by atoms with Gasteiger partial charge < -0.3 is 16.1 Å². The maximum atomic E-state index is 11.5. The van der Waals surface area contributed by atoms with Gasteiger partial charge in [0.25, 0.3) is 0 Å². The molecular formula is C11H18N6O. The van der Waals surface area contributed by atoms with E-state index in [0.717, 1.165) is 37.2 Å². The van der Waals surface area contributed by atoms with Crippen LogP contribution >= 0.6 is 0 Å². The van der Waals surface area contributed by atoms with Crippen LogP contribution in [0.2, 0.25) is 0 Å². The summed E-state index contributed by atoms with van der Waals surface area (Å²) in [5.41, 5.74) is 8.80. The molecule has 0 saturated carbocycles. The Balaban J connectivity index is 2.36. The number of nitrogen functional groups attached to an aromatic ring is 1. The van der Waals surface area contributed by atoms with E-state index in [-0.39, 0.29) is 11.9 Å². The molecule has 1 saturated heterocycles. The minimum Gasteiger partial charge on any atom is -0.368 e. The molecule has 1 aliphatic heterocycles. The predicted molar refractivity (Wildman–Crippen MR) is 68.8 cm³/mol. The van der Waals surface area contributed by atoms with Crippen LogP contribution in [0, 0.1) is 6.92 Å². The minimum atomic E-state index is -0.310. The molecule has 5 N–H and O–H groups in total. The Kier molecular flexibility index (Phi) is 3.61. The highest BCUT2D eigenvalue weighted by Gasteiger charge is 2.29. The normalized spacial score (nSPS) is 19.7. The maximum Gasteiger partial charge on any atom is 0.240 e. The van der Waals surface area contributed by atoms with Crippen LogP contribution in [-0.2, 0) is 4.79 Å². The van der Waals surface area contributed by atoms with Crippen molar-refractivity contribution in [1.29, 1.82) is 0 Å². The van der Waals surface area contributed by atoms with Crippen LogP contribution in [0.5, 0.6) is 0 Å². The predicted octanol–water partition coefficient (Wildman–Crippen LogP) is -0.0852. The van der Waals surface area contributed by atoms with Crippen LogP contribution in [0.4, 0.5) is 11.6 Å². The largest absolute Gasteiger partial charge is 0.368 e. The molecule has 0 spiro atoms. The molecule has 7 heteroatoms. The van der Waals surface area contributed by atoms with Gasteiger partial charge in [0.2, 0.25) is 5.91 Å². The topological polar surface area (TPSA) is 110 Å². The standard InChI is InChI=1S/C11H18N6O/c1-7-10(16-13)14-6-15-11(7)17-5-3-2-4-8(17)9(12)18/h6,8H,2-5,13H2,1H3,(H2,12,18)(H,14,15,16). The van der Waals surface area contributed by atoms with Crippen LogP contribution < -0.4 is 21.9 Å². The number of hydrogen-bond donors (Lipinski definition) is 3. The van der Waals surface area contributed by atoms with Gasteiger partial charge in [0.05, 0.1) is 0 Å². The third-order valence-electron chi connectivity index (χ3n) is 3.30. The number of rotatable bonds is 3. The summed E-state index contributed by atoms with van der Waals surface area (Å²) in [6.07, 6.45) is 4.24. The zero-order valence-electron chi connectivity index (χ0n) is 10.4. The van der Waals surface area contributed by atoms with Gasteiger partial charge in [0, 0.05) is 12.1 Å². The van der Waals surface area contributed by atoms with E-state index in [2.05, 4.69) is 15.4 Å². The Morgan fingerprint density at radius 2 is 2.28 bits per heavy atom. The van der Waals surface area contributed by atoms with Crippen molar-refractivity contribution < 1.29 is 4.79 Å². The van der Waals surface area contributed by atoms with Crippen molar-refractivity contribution in [3.8, 4) is 0 Å². The van der Waals surface area contributed by atoms with Gasteiger partial charge in [-0.3, -0.25) is 4.79 Å². The van der Waals surface area contributed by atoms with Gasteiger partial charge in [-0.2, -0.15) is 0 Å². The Labute approximate surface area is 106 Å². The van der Waals surface area contributed by atoms with Crippen LogP contribution in [0.1, 0.15) is 24.8 Å². The second-order valence-corrected chi connectivity index (χ2v) is 4.42. The first-order valence-corrected chi connectivity index (χ1v) is 5.99. The molecule has 2 heterocycles. The van der Waals surface area contributed by atoms with Crippen LogP contribution in [0.3, 0.4) is 0 Å². The van der Waals surface area contributed by atoms with Gasteiger partial charge in [-0.1, -0.05) is 0 Å². The number of piperidine rings is 1. The molecule has 1 atom stereocenters. The number of hydrogen-bond acceptors (Lipinski definition) is 6. The van der Waals surface area contributed by atoms with E-state index in [1.165, 1.54) is 6.33 Å². The number of carbonyl (C=O) groups is 1. The monoisotopic (exact) mass is 250 g/mol. The van der Waals surface area contributed by atoms with E-state index in [4.69, 9.17) is 11.6 Å². The lowest BCUT2D eigenvalue weighted by Crippen LogP contribution is -2.48. The van der Waals surface area contributed by atoms with Crippen molar-refractivity contribution in [1.82, 2.24) is 9.97 Å². The molecule has 0 aliphatic carbocycles. The third-order valence-corrected chi connectivity index (χ3v) is 3.30. The molecular weight excluding hydrogens is 232 g/mol. The average molecular weight is 250 g/mol. The summed E-state index contributed by atoms with van der Waals surface area (Å²) in [6.45, 7) is 2.65. The molecule has 1 amide bonds. The third kappa shape index (κ3) is 2.21. The van der Waals surface area contributed by atoms with Crippen LogP contribution in [-0.4, -0.2) is 28.5 Å². The Morgan fingerprint density at radius 3 is 2.94 bits per heavy atom. The first-order chi connectivity index (χ1) is 8.65. The van der Waals surface area contributed by atoms with Crippen molar-refractivity contribution in [2.24, 2.45) is 11.6 Å². The molecule has 1 aromatic heterocycles. The quantitative estimate of drug-likeness (QED) is 0.511. The number of aromatic nitrogens is 2. The van der Waals surface area contributed by atoms with E-state index in [0.29, 0.717) is 5.82 Å². The highest BCUT2D eigenvalue weighted by Crippen LogP contribution is 2.27. The fraction of sp³-hybridized carbons (Fsp3) is 0.545. The number of primary amides is 1. The van der Waals surface area contributed by atoms with E-state index in [1.807, 2.05) is 11.8 Å². The number of hydrazine groups is 1. The number of amides is 1.